The van der Waals surface area contributed by atoms with Crippen molar-refractivity contribution in [3.63, 3.8) is 0 Å². The molecule has 5 heteroatoms. The van der Waals surface area contributed by atoms with Crippen LogP contribution in [0.25, 0.3) is 0 Å². The molecule has 104 valence electrons. The molecule has 2 atom stereocenters. The number of aliphatic carboxylic acids is 1. The van der Waals surface area contributed by atoms with Crippen LogP contribution in [0, 0.1) is 11.8 Å². The molecular formula is C13H24N2O3. The molecule has 0 aliphatic carbocycles. The van der Waals surface area contributed by atoms with Gasteiger partial charge in [0.15, 0.2) is 0 Å². The Morgan fingerprint density at radius 2 is 2.00 bits per heavy atom. The minimum Gasteiger partial charge on any atom is -0.481 e. The first-order chi connectivity index (χ1) is 8.38. The van der Waals surface area contributed by atoms with E-state index in [9.17, 15) is 9.59 Å². The predicted octanol–water partition coefficient (Wildman–Crippen LogP) is 1.88. The summed E-state index contributed by atoms with van der Waals surface area (Å²) < 4.78 is 0. The number of carbonyl (C=O) groups is 2. The molecule has 1 N–H and O–H groups in total. The molecule has 2 amide bonds. The van der Waals surface area contributed by atoms with Gasteiger partial charge < -0.3 is 14.9 Å². The molecule has 1 rings (SSSR count). The quantitative estimate of drug-likeness (QED) is 0.835. The molecular weight excluding hydrogens is 232 g/mol. The number of nitrogens with zero attached hydrogens (tertiary/aromatic N) is 2. The standard InChI is InChI=1S/C13H24N2O3/c1-5-6-15(9(2)3)13(18)14-7-10(4)11(8-14)12(16)17/h9-11H,5-8H2,1-4H3,(H,16,17)/t10-,11-/m1/s1. The number of likely N-dealkylation sites (tertiary alicyclic amines) is 1. The van der Waals surface area contributed by atoms with Gasteiger partial charge in [-0.05, 0) is 26.2 Å². The summed E-state index contributed by atoms with van der Waals surface area (Å²) >= 11 is 0. The van der Waals surface area contributed by atoms with E-state index in [0.29, 0.717) is 13.1 Å². The molecule has 1 heterocycles. The fourth-order valence-corrected chi connectivity index (χ4v) is 2.44. The van der Waals surface area contributed by atoms with Gasteiger partial charge in [-0.15, -0.1) is 0 Å². The predicted molar refractivity (Wildman–Crippen MR) is 69.4 cm³/mol. The monoisotopic (exact) mass is 256 g/mol. The van der Waals surface area contributed by atoms with Crippen LogP contribution in [0.15, 0.2) is 0 Å². The molecule has 0 saturated carbocycles. The number of carboxylic acids is 1. The Hall–Kier alpha value is -1.26. The van der Waals surface area contributed by atoms with E-state index in [1.54, 1.807) is 4.90 Å². The van der Waals surface area contributed by atoms with Crippen molar-refractivity contribution in [2.45, 2.75) is 40.2 Å². The smallest absolute Gasteiger partial charge is 0.320 e. The van der Waals surface area contributed by atoms with Crippen molar-refractivity contribution in [1.29, 1.82) is 0 Å². The largest absolute Gasteiger partial charge is 0.481 e. The van der Waals surface area contributed by atoms with Gasteiger partial charge in [-0.25, -0.2) is 4.79 Å². The SMILES string of the molecule is CCCN(C(=O)N1C[C@@H](C)[C@H](C(=O)O)C1)C(C)C. The molecule has 0 radical (unpaired) electrons. The van der Waals surface area contributed by atoms with Gasteiger partial charge in [-0.1, -0.05) is 13.8 Å². The average molecular weight is 256 g/mol. The van der Waals surface area contributed by atoms with E-state index < -0.39 is 11.9 Å². The van der Waals surface area contributed by atoms with Crippen LogP contribution < -0.4 is 0 Å². The van der Waals surface area contributed by atoms with Gasteiger partial charge in [0.25, 0.3) is 0 Å². The maximum absolute atomic E-state index is 12.3. The Balaban J connectivity index is 2.70. The van der Waals surface area contributed by atoms with Crippen LogP contribution in [-0.4, -0.2) is 52.6 Å². The lowest BCUT2D eigenvalue weighted by Crippen LogP contribution is -2.46. The summed E-state index contributed by atoms with van der Waals surface area (Å²) in [5.74, 6) is -1.20. The van der Waals surface area contributed by atoms with Crippen molar-refractivity contribution in [1.82, 2.24) is 9.80 Å². The zero-order valence-corrected chi connectivity index (χ0v) is 11.7. The van der Waals surface area contributed by atoms with Gasteiger partial charge in [-0.3, -0.25) is 4.79 Å². The van der Waals surface area contributed by atoms with Crippen LogP contribution in [0.5, 0.6) is 0 Å². The summed E-state index contributed by atoms with van der Waals surface area (Å²) in [7, 11) is 0. The molecule has 0 aromatic rings. The lowest BCUT2D eigenvalue weighted by atomic mass is 9.99. The molecule has 1 fully saturated rings. The number of urea groups is 1. The van der Waals surface area contributed by atoms with Gasteiger partial charge in [0.05, 0.1) is 5.92 Å². The summed E-state index contributed by atoms with van der Waals surface area (Å²) in [5.41, 5.74) is 0. The highest BCUT2D eigenvalue weighted by atomic mass is 16.4. The summed E-state index contributed by atoms with van der Waals surface area (Å²) in [6.07, 6.45) is 0.912. The molecule has 0 spiro atoms. The summed E-state index contributed by atoms with van der Waals surface area (Å²) in [6.45, 7) is 9.51. The van der Waals surface area contributed by atoms with Gasteiger partial charge >= 0.3 is 12.0 Å². The topological polar surface area (TPSA) is 60.9 Å². The van der Waals surface area contributed by atoms with Crippen molar-refractivity contribution < 1.29 is 14.7 Å². The first-order valence-corrected chi connectivity index (χ1v) is 6.66. The van der Waals surface area contributed by atoms with Crippen LogP contribution in [0.4, 0.5) is 4.79 Å². The van der Waals surface area contributed by atoms with E-state index in [-0.39, 0.29) is 18.0 Å². The third kappa shape index (κ3) is 3.15. The minimum atomic E-state index is -0.801. The van der Waals surface area contributed by atoms with Crippen molar-refractivity contribution in [2.24, 2.45) is 11.8 Å². The molecule has 1 saturated heterocycles. The van der Waals surface area contributed by atoms with Crippen LogP contribution in [-0.2, 0) is 4.79 Å². The molecule has 1 aliphatic rings. The average Bonchev–Trinajstić information content (AvgIpc) is 2.67. The molecule has 5 nitrogen and oxygen atoms in total. The third-order valence-corrected chi connectivity index (χ3v) is 3.53. The normalized spacial score (nSPS) is 23.5. The number of hydrogen-bond acceptors (Lipinski definition) is 2. The fraction of sp³-hybridized carbons (Fsp3) is 0.846. The highest BCUT2D eigenvalue weighted by molar-refractivity contribution is 5.78. The van der Waals surface area contributed by atoms with Crippen LogP contribution in [0.3, 0.4) is 0 Å². The second kappa shape index (κ2) is 6.07. The Morgan fingerprint density at radius 3 is 2.39 bits per heavy atom. The maximum atomic E-state index is 12.3. The number of rotatable bonds is 4. The van der Waals surface area contributed by atoms with E-state index >= 15 is 0 Å². The number of carbonyl (C=O) groups excluding carboxylic acids is 1. The van der Waals surface area contributed by atoms with E-state index in [1.165, 1.54) is 0 Å². The summed E-state index contributed by atoms with van der Waals surface area (Å²) in [6, 6.07) is 0.124. The van der Waals surface area contributed by atoms with E-state index in [4.69, 9.17) is 5.11 Å². The van der Waals surface area contributed by atoms with Crippen molar-refractivity contribution >= 4 is 12.0 Å². The molecule has 18 heavy (non-hydrogen) atoms. The molecule has 0 unspecified atom stereocenters. The first kappa shape index (κ1) is 14.8. The maximum Gasteiger partial charge on any atom is 0.320 e. The minimum absolute atomic E-state index is 0.0255. The van der Waals surface area contributed by atoms with Gasteiger partial charge in [-0.2, -0.15) is 0 Å². The highest BCUT2D eigenvalue weighted by Gasteiger charge is 2.38. The Kier molecular flexibility index (Phi) is 4.99. The Labute approximate surface area is 109 Å². The first-order valence-electron chi connectivity index (χ1n) is 6.66. The highest BCUT2D eigenvalue weighted by Crippen LogP contribution is 2.24. The molecule has 0 aromatic carbocycles. The Bertz CT molecular complexity index is 317. The number of hydrogen-bond donors (Lipinski definition) is 1. The number of amides is 2. The van der Waals surface area contributed by atoms with Crippen LogP contribution in [0.1, 0.15) is 34.1 Å². The van der Waals surface area contributed by atoms with Crippen molar-refractivity contribution in [3.05, 3.63) is 0 Å². The zero-order valence-electron chi connectivity index (χ0n) is 11.7. The van der Waals surface area contributed by atoms with E-state index in [1.807, 2.05) is 32.6 Å². The molecule has 1 aliphatic heterocycles. The summed E-state index contributed by atoms with van der Waals surface area (Å²) in [5, 5.41) is 9.08. The second-order valence-corrected chi connectivity index (χ2v) is 5.40. The van der Waals surface area contributed by atoms with Crippen molar-refractivity contribution in [2.75, 3.05) is 19.6 Å². The fourth-order valence-electron chi connectivity index (χ4n) is 2.44. The van der Waals surface area contributed by atoms with Crippen molar-refractivity contribution in [3.8, 4) is 0 Å². The van der Waals surface area contributed by atoms with E-state index in [2.05, 4.69) is 0 Å². The van der Waals surface area contributed by atoms with Gasteiger partial charge in [0, 0.05) is 25.7 Å². The van der Waals surface area contributed by atoms with Crippen LogP contribution >= 0.6 is 0 Å². The lowest BCUT2D eigenvalue weighted by Gasteiger charge is -2.31. The number of carboxylic acid groups (broad SMARTS) is 1. The molecule has 0 aromatic heterocycles. The lowest BCUT2D eigenvalue weighted by molar-refractivity contribution is -0.142. The second-order valence-electron chi connectivity index (χ2n) is 5.40. The Morgan fingerprint density at radius 1 is 1.39 bits per heavy atom. The molecule has 0 bridgehead atoms. The van der Waals surface area contributed by atoms with Gasteiger partial charge in [0.1, 0.15) is 0 Å². The van der Waals surface area contributed by atoms with E-state index in [0.717, 1.165) is 13.0 Å². The van der Waals surface area contributed by atoms with Crippen LogP contribution in [0.2, 0.25) is 0 Å². The van der Waals surface area contributed by atoms with Gasteiger partial charge in [0.2, 0.25) is 0 Å². The zero-order chi connectivity index (χ0) is 13.9. The summed E-state index contributed by atoms with van der Waals surface area (Å²) in [4.78, 5) is 26.9. The third-order valence-electron chi connectivity index (χ3n) is 3.53.